The van der Waals surface area contributed by atoms with Gasteiger partial charge in [-0.05, 0) is 197 Å². The van der Waals surface area contributed by atoms with Crippen molar-refractivity contribution in [2.24, 2.45) is 94.7 Å². The van der Waals surface area contributed by atoms with E-state index in [2.05, 4.69) is 85.1 Å². The van der Waals surface area contributed by atoms with E-state index in [-0.39, 0.29) is 38.6 Å². The summed E-state index contributed by atoms with van der Waals surface area (Å²) in [6.07, 6.45) is 51.1. The van der Waals surface area contributed by atoms with Crippen LogP contribution >= 0.6 is 0 Å². The average Bonchev–Trinajstić information content (AvgIpc) is 4.47. The second-order valence-corrected chi connectivity index (χ2v) is 31.2. The minimum atomic E-state index is 0. The fraction of sp³-hybridized carbons (Fsp3) is 1.00. The van der Waals surface area contributed by atoms with Gasteiger partial charge in [0, 0.05) is 38.6 Å². The van der Waals surface area contributed by atoms with Crippen LogP contribution in [0.1, 0.15) is 205 Å². The van der Waals surface area contributed by atoms with Crippen molar-refractivity contribution in [3.63, 3.8) is 0 Å². The molecular formula is C64H112N16Tb. The maximum atomic E-state index is 4.26. The molecule has 18 rings (SSSR count). The molecule has 16 bridgehead atoms. The molecule has 8 aliphatic carbocycles. The molecule has 17 heteroatoms. The van der Waals surface area contributed by atoms with E-state index in [1.54, 1.807) is 0 Å². The summed E-state index contributed by atoms with van der Waals surface area (Å²) in [7, 11) is 0. The van der Waals surface area contributed by atoms with Gasteiger partial charge < -0.3 is 0 Å². The van der Waals surface area contributed by atoms with E-state index in [4.69, 9.17) is 0 Å². The zero-order valence-electron chi connectivity index (χ0n) is 49.4. The van der Waals surface area contributed by atoms with Gasteiger partial charge in [-0.1, -0.05) is 103 Å². The zero-order chi connectivity index (χ0) is 52.4. The zero-order valence-corrected chi connectivity index (χ0v) is 51.6. The Kier molecular flexibility index (Phi) is 17.2. The van der Waals surface area contributed by atoms with Crippen LogP contribution in [0.2, 0.25) is 0 Å². The summed E-state index contributed by atoms with van der Waals surface area (Å²) in [6, 6.07) is 0. The van der Waals surface area contributed by atoms with Crippen LogP contribution in [-0.2, 0) is 0 Å². The molecular weight excluding hydrogens is 1150 g/mol. The van der Waals surface area contributed by atoms with Crippen molar-refractivity contribution in [1.29, 1.82) is 0 Å². The topological polar surface area (TPSA) is 192 Å². The molecule has 16 atom stereocenters. The number of fused-ring (bicyclic) bond motifs is 40. The average molecular weight is 1260 g/mol. The fourth-order valence-corrected chi connectivity index (χ4v) is 23.9. The molecule has 81 heavy (non-hydrogen) atoms. The molecule has 0 aromatic rings. The van der Waals surface area contributed by atoms with E-state index in [1.165, 1.54) is 205 Å². The van der Waals surface area contributed by atoms with Crippen LogP contribution in [0.5, 0.6) is 0 Å². The van der Waals surface area contributed by atoms with Crippen LogP contribution in [0.25, 0.3) is 0 Å². The smallest absolute Gasteiger partial charge is 0.0628 e. The Bertz CT molecular complexity index is 1570. The summed E-state index contributed by atoms with van der Waals surface area (Å²) in [6.45, 7) is 0. The molecule has 18 fully saturated rings. The van der Waals surface area contributed by atoms with Crippen LogP contribution < -0.4 is 85.1 Å². The first-order chi connectivity index (χ1) is 39.6. The van der Waals surface area contributed by atoms with E-state index in [0.29, 0.717) is 98.7 Å². The summed E-state index contributed by atoms with van der Waals surface area (Å²) < 4.78 is 0. The van der Waals surface area contributed by atoms with Gasteiger partial charge in [0.2, 0.25) is 0 Å². The molecule has 10 heterocycles. The first-order valence-electron chi connectivity index (χ1n) is 35.8. The predicted molar refractivity (Wildman–Crippen MR) is 314 cm³/mol. The molecule has 0 amide bonds. The van der Waals surface area contributed by atoms with Crippen molar-refractivity contribution in [2.45, 2.75) is 304 Å². The Labute approximate surface area is 518 Å². The summed E-state index contributed by atoms with van der Waals surface area (Å²) in [4.78, 5) is 0. The summed E-state index contributed by atoms with van der Waals surface area (Å²) in [5, 5.41) is 67.6. The quantitative estimate of drug-likeness (QED) is 0.151. The Hall–Kier alpha value is 0.646. The van der Waals surface area contributed by atoms with Crippen molar-refractivity contribution >= 4 is 0 Å². The third-order valence-corrected chi connectivity index (χ3v) is 27.6. The molecule has 16 N–H and O–H groups in total. The van der Waals surface area contributed by atoms with Crippen LogP contribution in [0.4, 0.5) is 0 Å². The molecule has 10 saturated heterocycles. The van der Waals surface area contributed by atoms with Crippen molar-refractivity contribution < 1.29 is 38.6 Å². The molecule has 0 aromatic carbocycles. The van der Waals surface area contributed by atoms with E-state index in [0.717, 1.165) is 94.7 Å². The Morgan fingerprint density at radius 1 is 0.111 bits per heavy atom. The molecule has 16 nitrogen and oxygen atoms in total. The molecule has 8 saturated carbocycles. The first-order valence-corrected chi connectivity index (χ1v) is 35.8. The molecule has 16 unspecified atom stereocenters. The van der Waals surface area contributed by atoms with E-state index >= 15 is 0 Å². The van der Waals surface area contributed by atoms with Crippen molar-refractivity contribution in [3.05, 3.63) is 0 Å². The second kappa shape index (κ2) is 24.5. The predicted octanol–water partition coefficient (Wildman–Crippen LogP) is 5.21. The van der Waals surface area contributed by atoms with Gasteiger partial charge in [-0.15, -0.1) is 0 Å². The van der Waals surface area contributed by atoms with Crippen LogP contribution in [0.15, 0.2) is 0 Å². The second-order valence-electron chi connectivity index (χ2n) is 31.2. The monoisotopic (exact) mass is 1260 g/mol. The fourth-order valence-electron chi connectivity index (χ4n) is 23.9. The molecule has 1 radical (unpaired) electrons. The van der Waals surface area contributed by atoms with Crippen LogP contribution in [-0.4, -0.2) is 98.7 Å². The van der Waals surface area contributed by atoms with Crippen LogP contribution in [0.3, 0.4) is 0 Å². The van der Waals surface area contributed by atoms with Gasteiger partial charge >= 0.3 is 0 Å². The van der Waals surface area contributed by atoms with Gasteiger partial charge in [-0.2, -0.15) is 0 Å². The summed E-state index contributed by atoms with van der Waals surface area (Å²) >= 11 is 0. The van der Waals surface area contributed by atoms with Gasteiger partial charge in [0.05, 0.1) is 98.7 Å². The SMILES string of the molecule is C1CCC2C3NC(NC4NC(NC5NC(NC6NC(N3)C3CCCCC63)C3CCCCC53)C3CCCCC43)C2C1.C1CCC2C3NC(NC4NC(NC5NC(NC6NC(N3)C3CCCCC63)C3CCCCC53)C3CCCCC43)C2C1.[Tb]. The Morgan fingerprint density at radius 2 is 0.173 bits per heavy atom. The first kappa shape index (κ1) is 56.9. The normalized spacial score (nSPS) is 56.9. The standard InChI is InChI=1S/2C32H56N8.Tb/c2*1-2-10-18-17(9-1)25-33-26(18)38-28-21-13-5-6-14-22(21)30(35-28)40-32-24-16-8-7-15-23(24)31(36-32)39-29-20-12-4-3-11-19(20)27(34-29)37-25;/h2*17-40H,1-16H2;. The summed E-state index contributed by atoms with van der Waals surface area (Å²) in [5.41, 5.74) is 0. The van der Waals surface area contributed by atoms with Gasteiger partial charge in [-0.25, -0.2) is 0 Å². The third kappa shape index (κ3) is 10.6. The number of hydrogen-bond donors (Lipinski definition) is 16. The largest absolute Gasteiger partial charge is 0.286 e. The Balaban J connectivity index is 0.000000132. The number of hydrogen-bond acceptors (Lipinski definition) is 16. The van der Waals surface area contributed by atoms with E-state index < -0.39 is 0 Å². The molecule has 457 valence electrons. The van der Waals surface area contributed by atoms with Gasteiger partial charge in [0.25, 0.3) is 0 Å². The van der Waals surface area contributed by atoms with Gasteiger partial charge in [0.15, 0.2) is 0 Å². The minimum absolute atomic E-state index is 0. The number of rotatable bonds is 0. The summed E-state index contributed by atoms with van der Waals surface area (Å²) in [5.74, 6) is 11.9. The molecule has 0 aromatic heterocycles. The Morgan fingerprint density at radius 3 is 0.235 bits per heavy atom. The van der Waals surface area contributed by atoms with Gasteiger partial charge in [-0.3, -0.25) is 85.1 Å². The van der Waals surface area contributed by atoms with Crippen molar-refractivity contribution in [2.75, 3.05) is 0 Å². The minimum Gasteiger partial charge on any atom is -0.286 e. The molecule has 10 aliphatic heterocycles. The van der Waals surface area contributed by atoms with E-state index in [9.17, 15) is 0 Å². The van der Waals surface area contributed by atoms with Crippen molar-refractivity contribution in [3.8, 4) is 0 Å². The maximum Gasteiger partial charge on any atom is 0.0628 e. The number of nitrogens with one attached hydrogen (secondary N) is 16. The molecule has 18 aliphatic rings. The van der Waals surface area contributed by atoms with E-state index in [1.807, 2.05) is 0 Å². The van der Waals surface area contributed by atoms with Crippen LogP contribution in [0, 0.1) is 133 Å². The van der Waals surface area contributed by atoms with Crippen molar-refractivity contribution in [1.82, 2.24) is 85.1 Å². The third-order valence-electron chi connectivity index (χ3n) is 27.6. The molecule has 0 spiro atoms. The maximum absolute atomic E-state index is 4.26. The van der Waals surface area contributed by atoms with Gasteiger partial charge in [0.1, 0.15) is 0 Å².